The normalized spacial score (nSPS) is 15.2. The summed E-state index contributed by atoms with van der Waals surface area (Å²) < 4.78 is 9.85. The molecule has 0 bridgehead atoms. The zero-order valence-electron chi connectivity index (χ0n) is 11.3. The summed E-state index contributed by atoms with van der Waals surface area (Å²) >= 11 is 0. The van der Waals surface area contributed by atoms with Crippen molar-refractivity contribution in [3.63, 3.8) is 0 Å². The van der Waals surface area contributed by atoms with Crippen LogP contribution < -0.4 is 5.73 Å². The smallest absolute Gasteiger partial charge is 0.366 e. The zero-order valence-corrected chi connectivity index (χ0v) is 11.3. The third-order valence-corrected chi connectivity index (χ3v) is 2.10. The maximum absolute atomic E-state index is 11.9. The molecule has 17 heavy (non-hydrogen) atoms. The average molecular weight is 245 g/mol. The Labute approximate surface area is 103 Å². The van der Waals surface area contributed by atoms with Crippen LogP contribution in [0.15, 0.2) is 0 Å². The van der Waals surface area contributed by atoms with Gasteiger partial charge in [0.25, 0.3) is 12.2 Å². The quantitative estimate of drug-likeness (QED) is 0.437. The van der Waals surface area contributed by atoms with E-state index < -0.39 is 17.3 Å². The second-order valence-corrected chi connectivity index (χ2v) is 5.54. The molecule has 0 aliphatic heterocycles. The molecule has 0 saturated carbocycles. The van der Waals surface area contributed by atoms with Gasteiger partial charge >= 0.3 is 5.97 Å². The fourth-order valence-electron chi connectivity index (χ4n) is 1.16. The standard InChI is InChI=1S/C12H23NO4/c1-9(2)6-7-12(13,16-8-14)10(15)17-11(3,4)5/h8-9H,6-7,13H2,1-5H3/t12-/m0/s1. The number of ether oxygens (including phenoxy) is 2. The SMILES string of the molecule is CC(C)CC[C@](N)(OC=O)C(=O)OC(C)(C)C. The van der Waals surface area contributed by atoms with Crippen molar-refractivity contribution >= 4 is 12.4 Å². The van der Waals surface area contributed by atoms with Gasteiger partial charge in [0.1, 0.15) is 5.60 Å². The van der Waals surface area contributed by atoms with Crippen LogP contribution in [0.3, 0.4) is 0 Å². The summed E-state index contributed by atoms with van der Waals surface area (Å²) in [6.07, 6.45) is 0.919. The highest BCUT2D eigenvalue weighted by atomic mass is 16.6. The Hall–Kier alpha value is -1.10. The second kappa shape index (κ2) is 6.00. The van der Waals surface area contributed by atoms with Gasteiger partial charge in [0, 0.05) is 6.42 Å². The first-order valence-electron chi connectivity index (χ1n) is 5.74. The maximum atomic E-state index is 11.9. The Kier molecular flexibility index (Phi) is 5.61. The van der Waals surface area contributed by atoms with Crippen LogP contribution in [-0.4, -0.2) is 23.8 Å². The van der Waals surface area contributed by atoms with Crippen molar-refractivity contribution in [1.29, 1.82) is 0 Å². The first-order chi connectivity index (χ1) is 7.60. The highest BCUT2D eigenvalue weighted by Crippen LogP contribution is 2.20. The van der Waals surface area contributed by atoms with Crippen molar-refractivity contribution in [2.24, 2.45) is 11.7 Å². The lowest BCUT2D eigenvalue weighted by molar-refractivity contribution is -0.185. The molecule has 0 fully saturated rings. The van der Waals surface area contributed by atoms with E-state index in [0.717, 1.165) is 0 Å². The summed E-state index contributed by atoms with van der Waals surface area (Å²) in [6.45, 7) is 9.37. The zero-order chi connectivity index (χ0) is 13.7. The van der Waals surface area contributed by atoms with Gasteiger partial charge in [-0.1, -0.05) is 13.8 Å². The summed E-state index contributed by atoms with van der Waals surface area (Å²) in [5.74, 6) is -0.353. The molecule has 0 radical (unpaired) electrons. The average Bonchev–Trinajstić information content (AvgIpc) is 2.12. The van der Waals surface area contributed by atoms with Crippen molar-refractivity contribution in [2.75, 3.05) is 0 Å². The van der Waals surface area contributed by atoms with Gasteiger partial charge in [0.2, 0.25) is 0 Å². The van der Waals surface area contributed by atoms with Crippen molar-refractivity contribution < 1.29 is 19.1 Å². The molecule has 5 heteroatoms. The summed E-state index contributed by atoms with van der Waals surface area (Å²) in [5.41, 5.74) is 3.44. The molecule has 100 valence electrons. The van der Waals surface area contributed by atoms with Gasteiger partial charge in [0.15, 0.2) is 0 Å². The number of carbonyl (C=O) groups excluding carboxylic acids is 2. The first kappa shape index (κ1) is 15.9. The Morgan fingerprint density at radius 2 is 1.88 bits per heavy atom. The van der Waals surface area contributed by atoms with Crippen LogP contribution in [0.25, 0.3) is 0 Å². The van der Waals surface area contributed by atoms with Crippen LogP contribution in [0.4, 0.5) is 0 Å². The minimum Gasteiger partial charge on any atom is -0.456 e. The molecule has 0 aromatic rings. The fourth-order valence-corrected chi connectivity index (χ4v) is 1.16. The van der Waals surface area contributed by atoms with Gasteiger partial charge in [-0.05, 0) is 33.1 Å². The molecule has 2 N–H and O–H groups in total. The molecule has 0 aromatic heterocycles. The molecule has 0 aliphatic rings. The van der Waals surface area contributed by atoms with Gasteiger partial charge in [-0.3, -0.25) is 10.5 Å². The molecule has 1 atom stereocenters. The molecule has 0 unspecified atom stereocenters. The van der Waals surface area contributed by atoms with E-state index in [9.17, 15) is 9.59 Å². The largest absolute Gasteiger partial charge is 0.456 e. The number of hydrogen-bond acceptors (Lipinski definition) is 5. The van der Waals surface area contributed by atoms with E-state index in [1.165, 1.54) is 0 Å². The molecule has 0 aromatic carbocycles. The van der Waals surface area contributed by atoms with Gasteiger partial charge in [-0.15, -0.1) is 0 Å². The number of rotatable bonds is 6. The molecule has 0 spiro atoms. The topological polar surface area (TPSA) is 78.6 Å². The molecule has 5 nitrogen and oxygen atoms in total. The Bertz CT molecular complexity index is 270. The number of carbonyl (C=O) groups is 2. The van der Waals surface area contributed by atoms with E-state index in [4.69, 9.17) is 15.2 Å². The van der Waals surface area contributed by atoms with E-state index in [0.29, 0.717) is 12.3 Å². The van der Waals surface area contributed by atoms with E-state index in [2.05, 4.69) is 0 Å². The molecule has 0 amide bonds. The number of esters is 1. The summed E-state index contributed by atoms with van der Waals surface area (Å²) in [4.78, 5) is 22.3. The molecule has 0 aliphatic carbocycles. The lowest BCUT2D eigenvalue weighted by Gasteiger charge is -2.30. The van der Waals surface area contributed by atoms with Crippen LogP contribution in [0.1, 0.15) is 47.5 Å². The summed E-state index contributed by atoms with van der Waals surface area (Å²) in [6, 6.07) is 0. The van der Waals surface area contributed by atoms with Gasteiger partial charge < -0.3 is 9.47 Å². The van der Waals surface area contributed by atoms with Crippen LogP contribution in [0.2, 0.25) is 0 Å². The van der Waals surface area contributed by atoms with Crippen molar-refractivity contribution in [1.82, 2.24) is 0 Å². The van der Waals surface area contributed by atoms with Crippen LogP contribution >= 0.6 is 0 Å². The minimum atomic E-state index is -1.68. The third kappa shape index (κ3) is 6.26. The maximum Gasteiger partial charge on any atom is 0.366 e. The van der Waals surface area contributed by atoms with Gasteiger partial charge in [-0.2, -0.15) is 0 Å². The predicted octanol–water partition coefficient (Wildman–Crippen LogP) is 1.59. The predicted molar refractivity (Wildman–Crippen MR) is 64.0 cm³/mol. The highest BCUT2D eigenvalue weighted by molar-refractivity contribution is 5.80. The fraction of sp³-hybridized carbons (Fsp3) is 0.833. The van der Waals surface area contributed by atoms with Crippen LogP contribution in [0.5, 0.6) is 0 Å². The van der Waals surface area contributed by atoms with E-state index in [1.807, 2.05) is 13.8 Å². The lowest BCUT2D eigenvalue weighted by atomic mass is 10.0. The Balaban J connectivity index is 4.68. The number of hydrogen-bond donors (Lipinski definition) is 1. The van der Waals surface area contributed by atoms with Gasteiger partial charge in [-0.25, -0.2) is 4.79 Å². The summed E-state index contributed by atoms with van der Waals surface area (Å²) in [5, 5.41) is 0. The van der Waals surface area contributed by atoms with Crippen molar-refractivity contribution in [2.45, 2.75) is 58.8 Å². The van der Waals surface area contributed by atoms with E-state index >= 15 is 0 Å². The minimum absolute atomic E-state index is 0.185. The molecule has 0 rings (SSSR count). The second-order valence-electron chi connectivity index (χ2n) is 5.54. The third-order valence-electron chi connectivity index (χ3n) is 2.10. The monoisotopic (exact) mass is 245 g/mol. The van der Waals surface area contributed by atoms with Gasteiger partial charge in [0.05, 0.1) is 0 Å². The first-order valence-corrected chi connectivity index (χ1v) is 5.74. The van der Waals surface area contributed by atoms with Crippen LogP contribution in [0, 0.1) is 5.92 Å². The van der Waals surface area contributed by atoms with Crippen molar-refractivity contribution in [3.8, 4) is 0 Å². The molecular formula is C12H23NO4. The Morgan fingerprint density at radius 1 is 1.35 bits per heavy atom. The molecular weight excluding hydrogens is 222 g/mol. The summed E-state index contributed by atoms with van der Waals surface area (Å²) in [7, 11) is 0. The lowest BCUT2D eigenvalue weighted by Crippen LogP contribution is -2.53. The molecule has 0 saturated heterocycles. The van der Waals surface area contributed by atoms with E-state index in [1.54, 1.807) is 20.8 Å². The van der Waals surface area contributed by atoms with E-state index in [-0.39, 0.29) is 12.9 Å². The van der Waals surface area contributed by atoms with Crippen molar-refractivity contribution in [3.05, 3.63) is 0 Å². The highest BCUT2D eigenvalue weighted by Gasteiger charge is 2.39. The Morgan fingerprint density at radius 3 is 2.24 bits per heavy atom. The van der Waals surface area contributed by atoms with Crippen LogP contribution in [-0.2, 0) is 19.1 Å². The number of nitrogens with two attached hydrogens (primary N) is 1. The molecule has 0 heterocycles.